The first-order valence-electron chi connectivity index (χ1n) is 13.4. The third-order valence-electron chi connectivity index (χ3n) is 7.19. The van der Waals surface area contributed by atoms with Gasteiger partial charge in [-0.2, -0.15) is 0 Å². The van der Waals surface area contributed by atoms with E-state index in [1.807, 2.05) is 84.9 Å². The highest BCUT2D eigenvalue weighted by molar-refractivity contribution is 5.85. The summed E-state index contributed by atoms with van der Waals surface area (Å²) in [5, 5.41) is 16.2. The summed E-state index contributed by atoms with van der Waals surface area (Å²) in [5.74, 6) is 0. The molecular weight excluding hydrogens is 504 g/mol. The van der Waals surface area contributed by atoms with Crippen LogP contribution in [0.5, 0.6) is 0 Å². The largest absolute Gasteiger partial charge is 0.262 e. The van der Waals surface area contributed by atoms with Crippen molar-refractivity contribution in [1.29, 1.82) is 0 Å². The Hall–Kier alpha value is -4.66. The Kier molecular flexibility index (Phi) is 10.3. The first-order valence-corrected chi connectivity index (χ1v) is 13.4. The van der Waals surface area contributed by atoms with Gasteiger partial charge in [0.05, 0.1) is 41.0 Å². The molecule has 9 nitrogen and oxygen atoms in total. The summed E-state index contributed by atoms with van der Waals surface area (Å²) in [5.41, 5.74) is 3.14. The molecule has 2 atom stereocenters. The summed E-state index contributed by atoms with van der Waals surface area (Å²) in [6.45, 7) is 0.732. The second-order valence-electron chi connectivity index (χ2n) is 9.95. The molecule has 4 aromatic rings. The lowest BCUT2D eigenvalue weighted by Crippen LogP contribution is -2.48. The molecular formula is C31H34N6O3. The van der Waals surface area contributed by atoms with E-state index in [0.29, 0.717) is 25.8 Å². The van der Waals surface area contributed by atoms with Crippen LogP contribution >= 0.6 is 0 Å². The molecule has 0 unspecified atom stereocenters. The predicted octanol–water partition coefficient (Wildman–Crippen LogP) is 6.18. The van der Waals surface area contributed by atoms with Crippen molar-refractivity contribution in [2.75, 3.05) is 26.7 Å². The monoisotopic (exact) mass is 538 g/mol. The van der Waals surface area contributed by atoms with Gasteiger partial charge in [-0.25, -0.2) is 0 Å². The molecule has 40 heavy (non-hydrogen) atoms. The van der Waals surface area contributed by atoms with Gasteiger partial charge in [-0.3, -0.25) is 15.0 Å². The average Bonchev–Trinajstić information content (AvgIpc) is 3.00. The van der Waals surface area contributed by atoms with Crippen molar-refractivity contribution in [3.63, 3.8) is 0 Å². The Labute approximate surface area is 234 Å². The van der Waals surface area contributed by atoms with Crippen LogP contribution in [0.25, 0.3) is 10.8 Å². The van der Waals surface area contributed by atoms with Gasteiger partial charge in [0, 0.05) is 13.6 Å². The fourth-order valence-corrected chi connectivity index (χ4v) is 5.12. The lowest BCUT2D eigenvalue weighted by Gasteiger charge is -2.34. The summed E-state index contributed by atoms with van der Waals surface area (Å²) in [4.78, 5) is 35.8. The van der Waals surface area contributed by atoms with Crippen LogP contribution in [0.2, 0.25) is 0 Å². The Bertz CT molecular complexity index is 1370. The van der Waals surface area contributed by atoms with E-state index in [1.54, 1.807) is 7.05 Å². The SMILES string of the molecule is CN(C[C@H](Cc1ccccc1)N(C[C@@H](Cc1cccc2ccccc12)N(CCc1ccccc1)N=O)N=O)N=O. The van der Waals surface area contributed by atoms with Gasteiger partial charge in [0.25, 0.3) is 0 Å². The quantitative estimate of drug-likeness (QED) is 0.125. The molecule has 0 heterocycles. The van der Waals surface area contributed by atoms with E-state index >= 15 is 0 Å². The standard InChI is InChI=1S/C31H34N6O3/c1-35(32-38)23-29(21-26-13-6-3-7-14-26)37(34-40)24-30(36(33-39)20-19-25-11-4-2-5-12-25)22-28-17-10-16-27-15-8-9-18-31(27)28/h2-18,29-30H,19-24H2,1H3/t29-,30+/m0/s1. The van der Waals surface area contributed by atoms with Crippen molar-refractivity contribution in [3.8, 4) is 0 Å². The summed E-state index contributed by atoms with van der Waals surface area (Å²) in [6, 6.07) is 32.9. The number of nitrogens with zero attached hydrogens (tertiary/aromatic N) is 6. The highest BCUT2D eigenvalue weighted by Gasteiger charge is 2.28. The van der Waals surface area contributed by atoms with Gasteiger partial charge in [-0.15, -0.1) is 14.7 Å². The second-order valence-corrected chi connectivity index (χ2v) is 9.95. The predicted molar refractivity (Wildman–Crippen MR) is 159 cm³/mol. The van der Waals surface area contributed by atoms with Crippen LogP contribution in [0.1, 0.15) is 16.7 Å². The maximum absolute atomic E-state index is 12.3. The fourth-order valence-electron chi connectivity index (χ4n) is 5.12. The topological polar surface area (TPSA) is 98.0 Å². The maximum atomic E-state index is 12.3. The van der Waals surface area contributed by atoms with E-state index in [1.165, 1.54) is 15.0 Å². The minimum absolute atomic E-state index is 0.150. The minimum atomic E-state index is -0.447. The van der Waals surface area contributed by atoms with E-state index in [9.17, 15) is 14.7 Å². The van der Waals surface area contributed by atoms with Crippen LogP contribution in [0.4, 0.5) is 0 Å². The highest BCUT2D eigenvalue weighted by atomic mass is 16.3. The molecule has 0 saturated carbocycles. The average molecular weight is 539 g/mol. The van der Waals surface area contributed by atoms with E-state index in [0.717, 1.165) is 27.5 Å². The molecule has 0 radical (unpaired) electrons. The normalized spacial score (nSPS) is 12.3. The molecule has 0 fully saturated rings. The van der Waals surface area contributed by atoms with Crippen LogP contribution < -0.4 is 0 Å². The minimum Gasteiger partial charge on any atom is -0.262 e. The van der Waals surface area contributed by atoms with Crippen molar-refractivity contribution >= 4 is 10.8 Å². The van der Waals surface area contributed by atoms with E-state index in [4.69, 9.17) is 0 Å². The number of fused-ring (bicyclic) bond motifs is 1. The molecule has 0 N–H and O–H groups in total. The smallest absolute Gasteiger partial charge is 0.0736 e. The Morgan fingerprint density at radius 1 is 0.600 bits per heavy atom. The number of likely N-dealkylation sites (N-methyl/N-ethyl adjacent to an activating group) is 1. The molecule has 4 rings (SSSR count). The van der Waals surface area contributed by atoms with Gasteiger partial charge in [0.15, 0.2) is 0 Å². The van der Waals surface area contributed by atoms with Crippen molar-refractivity contribution < 1.29 is 0 Å². The molecule has 0 spiro atoms. The number of rotatable bonds is 16. The lowest BCUT2D eigenvalue weighted by molar-refractivity contribution is 0.0949. The molecule has 0 amide bonds. The van der Waals surface area contributed by atoms with Gasteiger partial charge in [0.2, 0.25) is 0 Å². The summed E-state index contributed by atoms with van der Waals surface area (Å²) < 4.78 is 0. The van der Waals surface area contributed by atoms with Crippen LogP contribution in [-0.4, -0.2) is 53.8 Å². The zero-order valence-corrected chi connectivity index (χ0v) is 22.6. The third-order valence-corrected chi connectivity index (χ3v) is 7.19. The van der Waals surface area contributed by atoms with Gasteiger partial charge in [0.1, 0.15) is 0 Å². The zero-order chi connectivity index (χ0) is 28.2. The number of nitroso groups, excluding NO2 is 3. The van der Waals surface area contributed by atoms with Crippen molar-refractivity contribution in [2.45, 2.75) is 31.3 Å². The first-order chi connectivity index (χ1) is 19.6. The molecule has 0 bridgehead atoms. The van der Waals surface area contributed by atoms with Crippen LogP contribution in [0.3, 0.4) is 0 Å². The van der Waals surface area contributed by atoms with Gasteiger partial charge < -0.3 is 0 Å². The van der Waals surface area contributed by atoms with Crippen molar-refractivity contribution in [1.82, 2.24) is 15.0 Å². The van der Waals surface area contributed by atoms with E-state index in [-0.39, 0.29) is 13.1 Å². The summed E-state index contributed by atoms with van der Waals surface area (Å²) >= 11 is 0. The van der Waals surface area contributed by atoms with E-state index < -0.39 is 12.1 Å². The van der Waals surface area contributed by atoms with Crippen molar-refractivity contribution in [2.24, 2.45) is 15.9 Å². The third kappa shape index (κ3) is 7.69. The first kappa shape index (κ1) is 28.4. The Balaban J connectivity index is 1.64. The second kappa shape index (κ2) is 14.5. The van der Waals surface area contributed by atoms with Gasteiger partial charge >= 0.3 is 0 Å². The molecule has 4 aromatic carbocycles. The van der Waals surface area contributed by atoms with Crippen LogP contribution in [-0.2, 0) is 19.3 Å². The van der Waals surface area contributed by atoms with Crippen molar-refractivity contribution in [3.05, 3.63) is 135 Å². The van der Waals surface area contributed by atoms with Crippen LogP contribution in [0, 0.1) is 14.7 Å². The molecule has 0 aromatic heterocycles. The number of benzene rings is 4. The Morgan fingerprint density at radius 2 is 1.20 bits per heavy atom. The maximum Gasteiger partial charge on any atom is 0.0736 e. The van der Waals surface area contributed by atoms with Gasteiger partial charge in [-0.1, -0.05) is 103 Å². The van der Waals surface area contributed by atoms with E-state index in [2.05, 4.69) is 34.1 Å². The van der Waals surface area contributed by atoms with Gasteiger partial charge in [-0.05, 0) is 46.7 Å². The Morgan fingerprint density at radius 3 is 1.88 bits per heavy atom. The molecule has 9 heteroatoms. The molecule has 0 saturated heterocycles. The number of hydrogen-bond donors (Lipinski definition) is 0. The highest BCUT2D eigenvalue weighted by Crippen LogP contribution is 2.23. The fraction of sp³-hybridized carbons (Fsp3) is 0.290. The molecule has 0 aliphatic carbocycles. The van der Waals surface area contributed by atoms with Crippen LogP contribution in [0.15, 0.2) is 119 Å². The number of hydrogen-bond acceptors (Lipinski definition) is 6. The zero-order valence-electron chi connectivity index (χ0n) is 22.6. The molecule has 206 valence electrons. The lowest BCUT2D eigenvalue weighted by atomic mass is 9.97. The summed E-state index contributed by atoms with van der Waals surface area (Å²) in [7, 11) is 1.57. The molecule has 0 aliphatic heterocycles. The summed E-state index contributed by atoms with van der Waals surface area (Å²) in [6.07, 6.45) is 1.58. The molecule has 0 aliphatic rings.